The molecule has 3 N–H and O–H groups in total. The van der Waals surface area contributed by atoms with Crippen LogP contribution in [0.5, 0.6) is 0 Å². The second-order valence-corrected chi connectivity index (χ2v) is 4.32. The normalized spacial score (nSPS) is 18.6. The molecule has 3 rings (SSSR count). The molecule has 8 nitrogen and oxygen atoms in total. The monoisotopic (exact) mass is 262 g/mol. The Balaban J connectivity index is 1.60. The van der Waals surface area contributed by atoms with E-state index in [1.165, 1.54) is 0 Å². The van der Waals surface area contributed by atoms with Crippen LogP contribution in [0.3, 0.4) is 0 Å². The Kier molecular flexibility index (Phi) is 3.23. The van der Waals surface area contributed by atoms with Gasteiger partial charge >= 0.3 is 0 Å². The third-order valence-corrected chi connectivity index (χ3v) is 2.97. The van der Waals surface area contributed by atoms with Crippen LogP contribution in [0.1, 0.15) is 41.2 Å². The third kappa shape index (κ3) is 2.63. The van der Waals surface area contributed by atoms with Gasteiger partial charge in [0.1, 0.15) is 5.82 Å². The molecule has 2 aromatic heterocycles. The van der Waals surface area contributed by atoms with E-state index in [2.05, 4.69) is 30.7 Å². The Morgan fingerprint density at radius 3 is 3.26 bits per heavy atom. The van der Waals surface area contributed by atoms with Crippen molar-refractivity contribution in [2.24, 2.45) is 0 Å². The Bertz CT molecular complexity index is 543. The Morgan fingerprint density at radius 1 is 1.58 bits per heavy atom. The SMILES string of the molecule is O=C(NCc1ncc[nH]1)c1noc(C2CCCN2)n1. The number of carbonyl (C=O) groups is 1. The molecule has 1 atom stereocenters. The van der Waals surface area contributed by atoms with E-state index in [1.807, 2.05) is 0 Å². The molecule has 1 aliphatic heterocycles. The zero-order chi connectivity index (χ0) is 13.1. The summed E-state index contributed by atoms with van der Waals surface area (Å²) >= 11 is 0. The van der Waals surface area contributed by atoms with E-state index in [0.717, 1.165) is 19.4 Å². The minimum absolute atomic E-state index is 0.0512. The van der Waals surface area contributed by atoms with E-state index < -0.39 is 0 Å². The van der Waals surface area contributed by atoms with Crippen LogP contribution < -0.4 is 10.6 Å². The molecule has 2 aromatic rings. The highest BCUT2D eigenvalue weighted by Gasteiger charge is 2.24. The summed E-state index contributed by atoms with van der Waals surface area (Å²) in [5, 5.41) is 9.60. The van der Waals surface area contributed by atoms with Gasteiger partial charge in [-0.2, -0.15) is 4.98 Å². The van der Waals surface area contributed by atoms with Crippen molar-refractivity contribution in [3.05, 3.63) is 29.9 Å². The molecule has 1 amide bonds. The molecule has 0 radical (unpaired) electrons. The summed E-state index contributed by atoms with van der Waals surface area (Å²) in [6.45, 7) is 1.24. The standard InChI is InChI=1S/C11H14N6O2/c18-10(15-6-8-13-4-5-14-8)9-16-11(19-17-9)7-2-1-3-12-7/h4-5,7,12H,1-3,6H2,(H,13,14)(H,15,18). The lowest BCUT2D eigenvalue weighted by Crippen LogP contribution is -2.24. The first kappa shape index (κ1) is 11.8. The number of aromatic amines is 1. The van der Waals surface area contributed by atoms with Crippen molar-refractivity contribution in [2.45, 2.75) is 25.4 Å². The van der Waals surface area contributed by atoms with Crippen molar-refractivity contribution >= 4 is 5.91 Å². The van der Waals surface area contributed by atoms with E-state index in [0.29, 0.717) is 18.3 Å². The Labute approximate surface area is 109 Å². The first-order chi connectivity index (χ1) is 9.33. The minimum atomic E-state index is -0.371. The number of carbonyl (C=O) groups excluding carboxylic acids is 1. The maximum Gasteiger partial charge on any atom is 0.293 e. The van der Waals surface area contributed by atoms with Gasteiger partial charge in [-0.15, -0.1) is 0 Å². The molecule has 0 saturated carbocycles. The number of hydrogen-bond acceptors (Lipinski definition) is 6. The fourth-order valence-electron chi connectivity index (χ4n) is 2.00. The van der Waals surface area contributed by atoms with Gasteiger partial charge in [0.05, 0.1) is 12.6 Å². The lowest BCUT2D eigenvalue weighted by atomic mass is 10.2. The molecular formula is C11H14N6O2. The number of H-pyrrole nitrogens is 1. The molecular weight excluding hydrogens is 248 g/mol. The molecule has 0 aromatic carbocycles. The van der Waals surface area contributed by atoms with Crippen LogP contribution in [0, 0.1) is 0 Å². The summed E-state index contributed by atoms with van der Waals surface area (Å²) in [5.41, 5.74) is 0. The lowest BCUT2D eigenvalue weighted by molar-refractivity contribution is 0.0936. The number of aromatic nitrogens is 4. The first-order valence-electron chi connectivity index (χ1n) is 6.16. The highest BCUT2D eigenvalue weighted by molar-refractivity contribution is 5.90. The molecule has 1 fully saturated rings. The van der Waals surface area contributed by atoms with Gasteiger partial charge in [0, 0.05) is 12.4 Å². The number of nitrogens with one attached hydrogen (secondary N) is 3. The molecule has 8 heteroatoms. The van der Waals surface area contributed by atoms with Crippen LogP contribution in [0.2, 0.25) is 0 Å². The quantitative estimate of drug-likeness (QED) is 0.723. The number of rotatable bonds is 4. The van der Waals surface area contributed by atoms with E-state index >= 15 is 0 Å². The van der Waals surface area contributed by atoms with Gasteiger partial charge in [0.2, 0.25) is 5.89 Å². The fourth-order valence-corrected chi connectivity index (χ4v) is 2.00. The molecule has 3 heterocycles. The summed E-state index contributed by atoms with van der Waals surface area (Å²) < 4.78 is 5.10. The number of imidazole rings is 1. The van der Waals surface area contributed by atoms with Gasteiger partial charge in [0.25, 0.3) is 11.7 Å². The van der Waals surface area contributed by atoms with Crippen LogP contribution in [-0.4, -0.2) is 32.6 Å². The van der Waals surface area contributed by atoms with Gasteiger partial charge in [-0.1, -0.05) is 5.16 Å². The minimum Gasteiger partial charge on any atom is -0.347 e. The van der Waals surface area contributed by atoms with Crippen molar-refractivity contribution in [3.63, 3.8) is 0 Å². The van der Waals surface area contributed by atoms with Gasteiger partial charge < -0.3 is 20.1 Å². The topological polar surface area (TPSA) is 109 Å². The smallest absolute Gasteiger partial charge is 0.293 e. The fraction of sp³-hybridized carbons (Fsp3) is 0.455. The summed E-state index contributed by atoms with van der Waals surface area (Å²) in [7, 11) is 0. The zero-order valence-electron chi connectivity index (χ0n) is 10.2. The predicted molar refractivity (Wildman–Crippen MR) is 64.0 cm³/mol. The molecule has 1 unspecified atom stereocenters. The molecule has 1 aliphatic rings. The van der Waals surface area contributed by atoms with Gasteiger partial charge in [-0.3, -0.25) is 4.79 Å². The number of nitrogens with zero attached hydrogens (tertiary/aromatic N) is 3. The maximum absolute atomic E-state index is 11.8. The van der Waals surface area contributed by atoms with Crippen molar-refractivity contribution < 1.29 is 9.32 Å². The summed E-state index contributed by atoms with van der Waals surface area (Å²) in [6, 6.07) is 0.0686. The average molecular weight is 262 g/mol. The second-order valence-electron chi connectivity index (χ2n) is 4.32. The van der Waals surface area contributed by atoms with E-state index in [1.54, 1.807) is 12.4 Å². The zero-order valence-corrected chi connectivity index (χ0v) is 10.2. The average Bonchev–Trinajstić information content (AvgIpc) is 3.14. The highest BCUT2D eigenvalue weighted by atomic mass is 16.5. The summed E-state index contributed by atoms with van der Waals surface area (Å²) in [5.74, 6) is 0.829. The molecule has 100 valence electrons. The van der Waals surface area contributed by atoms with Crippen LogP contribution in [0.25, 0.3) is 0 Å². The summed E-state index contributed by atoms with van der Waals surface area (Å²) in [6.07, 6.45) is 5.35. The predicted octanol–water partition coefficient (Wildman–Crippen LogP) is 0.147. The molecule has 0 bridgehead atoms. The van der Waals surface area contributed by atoms with Crippen LogP contribution in [-0.2, 0) is 6.54 Å². The van der Waals surface area contributed by atoms with E-state index in [9.17, 15) is 4.79 Å². The first-order valence-corrected chi connectivity index (χ1v) is 6.16. The highest BCUT2D eigenvalue weighted by Crippen LogP contribution is 2.20. The second kappa shape index (κ2) is 5.19. The van der Waals surface area contributed by atoms with Crippen LogP contribution >= 0.6 is 0 Å². The van der Waals surface area contributed by atoms with Crippen LogP contribution in [0.4, 0.5) is 0 Å². The van der Waals surface area contributed by atoms with Crippen molar-refractivity contribution in [1.82, 2.24) is 30.7 Å². The maximum atomic E-state index is 11.8. The lowest BCUT2D eigenvalue weighted by Gasteiger charge is -2.01. The molecule has 1 saturated heterocycles. The molecule has 0 spiro atoms. The van der Waals surface area contributed by atoms with Gasteiger partial charge in [-0.05, 0) is 19.4 Å². The largest absolute Gasteiger partial charge is 0.347 e. The van der Waals surface area contributed by atoms with Gasteiger partial charge in [-0.25, -0.2) is 4.98 Å². The van der Waals surface area contributed by atoms with E-state index in [4.69, 9.17) is 4.52 Å². The number of amides is 1. The molecule has 0 aliphatic carbocycles. The van der Waals surface area contributed by atoms with Gasteiger partial charge in [0.15, 0.2) is 0 Å². The van der Waals surface area contributed by atoms with Crippen LogP contribution in [0.15, 0.2) is 16.9 Å². The Hall–Kier alpha value is -2.22. The Morgan fingerprint density at radius 2 is 2.53 bits per heavy atom. The number of hydrogen-bond donors (Lipinski definition) is 3. The van der Waals surface area contributed by atoms with E-state index in [-0.39, 0.29) is 17.8 Å². The molecule has 19 heavy (non-hydrogen) atoms. The summed E-state index contributed by atoms with van der Waals surface area (Å²) in [4.78, 5) is 22.8. The van der Waals surface area contributed by atoms with Crippen molar-refractivity contribution in [3.8, 4) is 0 Å². The third-order valence-electron chi connectivity index (χ3n) is 2.97. The van der Waals surface area contributed by atoms with Crippen molar-refractivity contribution in [2.75, 3.05) is 6.54 Å². The van der Waals surface area contributed by atoms with Crippen molar-refractivity contribution in [1.29, 1.82) is 0 Å².